The molecule has 0 unspecified atom stereocenters. The number of methoxy groups -OCH3 is 2. The third-order valence-corrected chi connectivity index (χ3v) is 2.62. The molecule has 0 aliphatic rings. The first-order valence-corrected chi connectivity index (χ1v) is 5.71. The maximum atomic E-state index is 9.80. The average Bonchev–Trinajstić information content (AvgIpc) is 2.36. The molecule has 1 rings (SSSR count). The van der Waals surface area contributed by atoms with Gasteiger partial charge < -0.3 is 14.6 Å². The zero-order valence-electron chi connectivity index (χ0n) is 10.5. The molecule has 0 heterocycles. The summed E-state index contributed by atoms with van der Waals surface area (Å²) in [6.07, 6.45) is 3.66. The van der Waals surface area contributed by atoms with Crippen LogP contribution in [0.5, 0.6) is 11.5 Å². The molecule has 0 bridgehead atoms. The van der Waals surface area contributed by atoms with Crippen LogP contribution >= 0.6 is 0 Å². The summed E-state index contributed by atoms with van der Waals surface area (Å²) in [7, 11) is 3.21. The molecule has 1 N–H and O–H groups in total. The molecule has 1 aromatic carbocycles. The Kier molecular flexibility index (Phi) is 5.57. The minimum atomic E-state index is -0.342. The molecule has 1 atom stereocenters. The van der Waals surface area contributed by atoms with Crippen LogP contribution in [0, 0.1) is 0 Å². The van der Waals surface area contributed by atoms with Crippen LogP contribution in [0.2, 0.25) is 0 Å². The largest absolute Gasteiger partial charge is 0.493 e. The van der Waals surface area contributed by atoms with E-state index in [0.717, 1.165) is 18.4 Å². The molecule has 1 aromatic rings. The molecular formula is C14H20O3. The van der Waals surface area contributed by atoms with Crippen LogP contribution < -0.4 is 9.47 Å². The van der Waals surface area contributed by atoms with Gasteiger partial charge in [-0.1, -0.05) is 12.1 Å². The molecule has 0 fully saturated rings. The summed E-state index contributed by atoms with van der Waals surface area (Å²) >= 11 is 0. The van der Waals surface area contributed by atoms with Crippen molar-refractivity contribution in [3.05, 3.63) is 36.4 Å². The zero-order valence-corrected chi connectivity index (χ0v) is 10.5. The van der Waals surface area contributed by atoms with E-state index in [1.165, 1.54) is 0 Å². The summed E-state index contributed by atoms with van der Waals surface area (Å²) in [5.74, 6) is 1.40. The average molecular weight is 236 g/mol. The van der Waals surface area contributed by atoms with Crippen molar-refractivity contribution in [2.45, 2.75) is 25.4 Å². The molecule has 94 valence electrons. The lowest BCUT2D eigenvalue weighted by atomic mass is 10.0. The first kappa shape index (κ1) is 13.6. The second kappa shape index (κ2) is 6.97. The summed E-state index contributed by atoms with van der Waals surface area (Å²) in [6.45, 7) is 3.64. The minimum absolute atomic E-state index is 0.342. The van der Waals surface area contributed by atoms with Crippen LogP contribution in [0.3, 0.4) is 0 Å². The highest BCUT2D eigenvalue weighted by Crippen LogP contribution is 2.28. The minimum Gasteiger partial charge on any atom is -0.493 e. The molecule has 17 heavy (non-hydrogen) atoms. The summed E-state index contributed by atoms with van der Waals surface area (Å²) in [5, 5.41) is 9.80. The van der Waals surface area contributed by atoms with E-state index < -0.39 is 0 Å². The Morgan fingerprint density at radius 2 is 2.00 bits per heavy atom. The van der Waals surface area contributed by atoms with Gasteiger partial charge in [-0.05, 0) is 37.0 Å². The van der Waals surface area contributed by atoms with E-state index >= 15 is 0 Å². The van der Waals surface area contributed by atoms with Crippen LogP contribution in [-0.2, 0) is 6.42 Å². The molecule has 0 saturated carbocycles. The van der Waals surface area contributed by atoms with Crippen molar-refractivity contribution < 1.29 is 14.6 Å². The highest BCUT2D eigenvalue weighted by molar-refractivity contribution is 5.43. The number of aliphatic hydroxyl groups excluding tert-OH is 1. The molecule has 0 saturated heterocycles. The van der Waals surface area contributed by atoms with Crippen LogP contribution in [0.15, 0.2) is 30.9 Å². The first-order chi connectivity index (χ1) is 8.21. The number of rotatable bonds is 7. The second-order valence-corrected chi connectivity index (χ2v) is 3.91. The molecule has 0 aliphatic heterocycles. The van der Waals surface area contributed by atoms with E-state index in [4.69, 9.17) is 9.47 Å². The Labute approximate surface area is 103 Å². The standard InChI is InChI=1S/C14H20O3/c1-4-5-6-12(15)9-11-7-8-13(16-2)14(10-11)17-3/h4,7-8,10,12,15H,1,5-6,9H2,2-3H3/t12-/m0/s1. The maximum Gasteiger partial charge on any atom is 0.160 e. The molecule has 0 aliphatic carbocycles. The van der Waals surface area contributed by atoms with E-state index in [9.17, 15) is 5.11 Å². The van der Waals surface area contributed by atoms with Gasteiger partial charge in [0.25, 0.3) is 0 Å². The second-order valence-electron chi connectivity index (χ2n) is 3.91. The van der Waals surface area contributed by atoms with Crippen molar-refractivity contribution >= 4 is 0 Å². The molecule has 3 heteroatoms. The number of hydrogen-bond donors (Lipinski definition) is 1. The van der Waals surface area contributed by atoms with Gasteiger partial charge in [0.1, 0.15) is 0 Å². The van der Waals surface area contributed by atoms with Crippen LogP contribution in [-0.4, -0.2) is 25.4 Å². The van der Waals surface area contributed by atoms with E-state index in [-0.39, 0.29) is 6.10 Å². The van der Waals surface area contributed by atoms with E-state index in [1.54, 1.807) is 14.2 Å². The summed E-state index contributed by atoms with van der Waals surface area (Å²) in [4.78, 5) is 0. The number of benzene rings is 1. The lowest BCUT2D eigenvalue weighted by Crippen LogP contribution is -2.09. The van der Waals surface area contributed by atoms with Gasteiger partial charge in [0.2, 0.25) is 0 Å². The quantitative estimate of drug-likeness (QED) is 0.739. The van der Waals surface area contributed by atoms with Crippen molar-refractivity contribution in [3.8, 4) is 11.5 Å². The summed E-state index contributed by atoms with van der Waals surface area (Å²) in [6, 6.07) is 5.70. The first-order valence-electron chi connectivity index (χ1n) is 5.71. The van der Waals surface area contributed by atoms with Gasteiger partial charge in [-0.2, -0.15) is 0 Å². The van der Waals surface area contributed by atoms with Gasteiger partial charge in [-0.15, -0.1) is 6.58 Å². The van der Waals surface area contributed by atoms with Gasteiger partial charge in [-0.25, -0.2) is 0 Å². The van der Waals surface area contributed by atoms with Crippen molar-refractivity contribution in [3.63, 3.8) is 0 Å². The number of ether oxygens (including phenoxy) is 2. The van der Waals surface area contributed by atoms with E-state index in [1.807, 2.05) is 24.3 Å². The van der Waals surface area contributed by atoms with E-state index in [2.05, 4.69) is 6.58 Å². The highest BCUT2D eigenvalue weighted by atomic mass is 16.5. The van der Waals surface area contributed by atoms with Crippen molar-refractivity contribution in [1.82, 2.24) is 0 Å². The molecule has 0 radical (unpaired) electrons. The topological polar surface area (TPSA) is 38.7 Å². The Balaban J connectivity index is 2.68. The normalized spacial score (nSPS) is 11.9. The fourth-order valence-corrected chi connectivity index (χ4v) is 1.69. The molecule has 0 spiro atoms. The van der Waals surface area contributed by atoms with Crippen LogP contribution in [0.4, 0.5) is 0 Å². The third kappa shape index (κ3) is 4.11. The van der Waals surface area contributed by atoms with Crippen molar-refractivity contribution in [1.29, 1.82) is 0 Å². The highest BCUT2D eigenvalue weighted by Gasteiger charge is 2.08. The SMILES string of the molecule is C=CCC[C@H](O)Cc1ccc(OC)c(OC)c1. The fraction of sp³-hybridized carbons (Fsp3) is 0.429. The van der Waals surface area contributed by atoms with E-state index in [0.29, 0.717) is 17.9 Å². The summed E-state index contributed by atoms with van der Waals surface area (Å²) < 4.78 is 10.4. The van der Waals surface area contributed by atoms with Gasteiger partial charge in [-0.3, -0.25) is 0 Å². The van der Waals surface area contributed by atoms with Gasteiger partial charge in [0.05, 0.1) is 20.3 Å². The predicted molar refractivity (Wildman–Crippen MR) is 68.7 cm³/mol. The summed E-state index contributed by atoms with van der Waals surface area (Å²) in [5.41, 5.74) is 1.04. The maximum absolute atomic E-state index is 9.80. The Hall–Kier alpha value is -1.48. The Morgan fingerprint density at radius 1 is 1.29 bits per heavy atom. The van der Waals surface area contributed by atoms with Gasteiger partial charge >= 0.3 is 0 Å². The molecule has 0 amide bonds. The third-order valence-electron chi connectivity index (χ3n) is 2.62. The molecular weight excluding hydrogens is 216 g/mol. The molecule has 3 nitrogen and oxygen atoms in total. The predicted octanol–water partition coefficient (Wildman–Crippen LogP) is 2.57. The number of aliphatic hydroxyl groups is 1. The number of hydrogen-bond acceptors (Lipinski definition) is 3. The Morgan fingerprint density at radius 3 is 2.59 bits per heavy atom. The monoisotopic (exact) mass is 236 g/mol. The lowest BCUT2D eigenvalue weighted by molar-refractivity contribution is 0.166. The van der Waals surface area contributed by atoms with Gasteiger partial charge in [0.15, 0.2) is 11.5 Å². The lowest BCUT2D eigenvalue weighted by Gasteiger charge is -2.12. The van der Waals surface area contributed by atoms with Crippen LogP contribution in [0.1, 0.15) is 18.4 Å². The van der Waals surface area contributed by atoms with Crippen LogP contribution in [0.25, 0.3) is 0 Å². The van der Waals surface area contributed by atoms with Crippen molar-refractivity contribution in [2.24, 2.45) is 0 Å². The van der Waals surface area contributed by atoms with Crippen molar-refractivity contribution in [2.75, 3.05) is 14.2 Å². The zero-order chi connectivity index (χ0) is 12.7. The fourth-order valence-electron chi connectivity index (χ4n) is 1.69. The Bertz CT molecular complexity index is 360. The smallest absolute Gasteiger partial charge is 0.160 e. The molecule has 0 aromatic heterocycles. The number of allylic oxidation sites excluding steroid dienone is 1. The van der Waals surface area contributed by atoms with Gasteiger partial charge in [0, 0.05) is 0 Å².